The second-order valence-electron chi connectivity index (χ2n) is 3.49. The molecule has 2 heterocycles. The lowest BCUT2D eigenvalue weighted by atomic mass is 10.3. The Balaban J connectivity index is 0.000000461. The van der Waals surface area contributed by atoms with Crippen molar-refractivity contribution < 1.29 is 4.79 Å². The van der Waals surface area contributed by atoms with Gasteiger partial charge in [0.15, 0.2) is 5.84 Å². The van der Waals surface area contributed by atoms with Gasteiger partial charge in [-0.05, 0) is 23.6 Å². The van der Waals surface area contributed by atoms with E-state index in [1.807, 2.05) is 63.4 Å². The third kappa shape index (κ3) is 2.80. The van der Waals surface area contributed by atoms with Gasteiger partial charge in [0.05, 0.1) is 16.1 Å². The molecule has 3 nitrogen and oxygen atoms in total. The minimum atomic E-state index is -0.104. The van der Waals surface area contributed by atoms with Crippen LogP contribution in [0.25, 0.3) is 0 Å². The number of amides is 1. The normalized spacial score (nSPS) is 12.1. The molecule has 4 heteroatoms. The van der Waals surface area contributed by atoms with Crippen molar-refractivity contribution in [2.24, 2.45) is 0 Å². The molecule has 0 unspecified atom stereocenters. The van der Waals surface area contributed by atoms with Crippen molar-refractivity contribution in [2.75, 3.05) is 4.90 Å². The van der Waals surface area contributed by atoms with Crippen LogP contribution in [0.4, 0.5) is 5.69 Å². The molecular formula is C16H20N2OS. The van der Waals surface area contributed by atoms with Gasteiger partial charge in [-0.15, -0.1) is 11.3 Å². The molecule has 0 spiro atoms. The van der Waals surface area contributed by atoms with Gasteiger partial charge in [-0.1, -0.05) is 45.9 Å². The van der Waals surface area contributed by atoms with Crippen molar-refractivity contribution in [3.8, 4) is 0 Å². The summed E-state index contributed by atoms with van der Waals surface area (Å²) in [6, 6.07) is 11.1. The van der Waals surface area contributed by atoms with Gasteiger partial charge in [0, 0.05) is 0 Å². The van der Waals surface area contributed by atoms with E-state index < -0.39 is 0 Å². The third-order valence-electron chi connectivity index (χ3n) is 2.55. The van der Waals surface area contributed by atoms with E-state index in [0.717, 1.165) is 10.6 Å². The highest BCUT2D eigenvalue weighted by molar-refractivity contribution is 7.13. The zero-order chi connectivity index (χ0) is 15.1. The maximum Gasteiger partial charge on any atom is 0.265 e. The van der Waals surface area contributed by atoms with Crippen LogP contribution in [0.1, 0.15) is 42.9 Å². The molecule has 0 radical (unpaired) electrons. The van der Waals surface area contributed by atoms with Gasteiger partial charge < -0.3 is 0 Å². The zero-order valence-electron chi connectivity index (χ0n) is 12.3. The summed E-state index contributed by atoms with van der Waals surface area (Å²) in [6.45, 7) is 8.00. The van der Waals surface area contributed by atoms with E-state index in [2.05, 4.69) is 0 Å². The van der Waals surface area contributed by atoms with Gasteiger partial charge in [0.1, 0.15) is 0 Å². The quantitative estimate of drug-likeness (QED) is 0.806. The first-order valence-corrected chi connectivity index (χ1v) is 7.73. The smallest absolute Gasteiger partial charge is 0.265 e. The number of carbonyl (C=O) groups is 1. The van der Waals surface area contributed by atoms with E-state index in [1.165, 1.54) is 16.2 Å². The molecule has 1 amide bonds. The van der Waals surface area contributed by atoms with Crippen LogP contribution < -0.4 is 4.90 Å². The largest absolute Gasteiger partial charge is 0.283 e. The Hall–Kier alpha value is -1.94. The summed E-state index contributed by atoms with van der Waals surface area (Å²) >= 11 is 1.44. The number of benzene rings is 1. The second kappa shape index (κ2) is 7.60. The fourth-order valence-electron chi connectivity index (χ4n) is 1.81. The van der Waals surface area contributed by atoms with Gasteiger partial charge in [-0.2, -0.15) is 0 Å². The van der Waals surface area contributed by atoms with Crippen LogP contribution in [0.5, 0.6) is 0 Å². The highest BCUT2D eigenvalue weighted by Gasteiger charge is 2.34. The van der Waals surface area contributed by atoms with Gasteiger partial charge in [-0.3, -0.25) is 15.1 Å². The first kappa shape index (κ1) is 16.1. The van der Waals surface area contributed by atoms with Crippen molar-refractivity contribution in [1.29, 1.82) is 5.41 Å². The van der Waals surface area contributed by atoms with Crippen LogP contribution in [0, 0.1) is 5.41 Å². The van der Waals surface area contributed by atoms with E-state index in [-0.39, 0.29) is 11.7 Å². The summed E-state index contributed by atoms with van der Waals surface area (Å²) in [6.07, 6.45) is 0. The molecule has 0 aliphatic carbocycles. The average Bonchev–Trinajstić information content (AvgIpc) is 3.09. The highest BCUT2D eigenvalue weighted by atomic mass is 32.1. The van der Waals surface area contributed by atoms with Crippen LogP contribution >= 0.6 is 11.3 Å². The monoisotopic (exact) mass is 288 g/mol. The topological polar surface area (TPSA) is 44.2 Å². The first-order valence-electron chi connectivity index (χ1n) is 6.85. The lowest BCUT2D eigenvalue weighted by Gasteiger charge is -2.15. The molecule has 0 fully saturated rings. The van der Waals surface area contributed by atoms with Crippen LogP contribution in [-0.4, -0.2) is 11.7 Å². The minimum Gasteiger partial charge on any atom is -0.283 e. The van der Waals surface area contributed by atoms with Gasteiger partial charge in [0.25, 0.3) is 5.91 Å². The molecule has 0 atom stereocenters. The number of hydrogen-bond acceptors (Lipinski definition) is 3. The predicted octanol–water partition coefficient (Wildman–Crippen LogP) is 4.79. The summed E-state index contributed by atoms with van der Waals surface area (Å²) in [4.78, 5) is 14.3. The van der Waals surface area contributed by atoms with E-state index in [4.69, 9.17) is 5.41 Å². The maximum absolute atomic E-state index is 12.1. The van der Waals surface area contributed by atoms with Crippen molar-refractivity contribution in [3.05, 3.63) is 52.2 Å². The Morgan fingerprint density at radius 1 is 1.00 bits per heavy atom. The number of anilines is 1. The van der Waals surface area contributed by atoms with Crippen molar-refractivity contribution in [3.63, 3.8) is 0 Å². The lowest BCUT2D eigenvalue weighted by molar-refractivity contribution is 0.101. The Morgan fingerprint density at radius 3 is 2.15 bits per heavy atom. The number of hydrogen-bond donors (Lipinski definition) is 1. The Labute approximate surface area is 124 Å². The second-order valence-corrected chi connectivity index (χ2v) is 4.40. The summed E-state index contributed by atoms with van der Waals surface area (Å²) in [7, 11) is 0. The molecule has 3 rings (SSSR count). The van der Waals surface area contributed by atoms with Crippen molar-refractivity contribution >= 4 is 28.8 Å². The number of nitrogens with one attached hydrogen (secondary N) is 1. The van der Waals surface area contributed by atoms with Crippen LogP contribution in [-0.2, 0) is 0 Å². The van der Waals surface area contributed by atoms with E-state index in [0.29, 0.717) is 5.56 Å². The summed E-state index contributed by atoms with van der Waals surface area (Å²) in [5.41, 5.74) is 1.39. The number of thiophene rings is 1. The lowest BCUT2D eigenvalue weighted by Crippen LogP contribution is -2.29. The Kier molecular flexibility index (Phi) is 6.12. The number of fused-ring (bicyclic) bond motifs is 1. The van der Waals surface area contributed by atoms with E-state index >= 15 is 0 Å². The van der Waals surface area contributed by atoms with E-state index in [1.54, 1.807) is 6.07 Å². The van der Waals surface area contributed by atoms with Crippen LogP contribution in [0.3, 0.4) is 0 Å². The third-order valence-corrected chi connectivity index (χ3v) is 3.47. The fourth-order valence-corrected chi connectivity index (χ4v) is 2.63. The fraction of sp³-hybridized carbons (Fsp3) is 0.250. The summed E-state index contributed by atoms with van der Waals surface area (Å²) in [5, 5.41) is 9.83. The Bertz CT molecular complexity index is 545. The minimum absolute atomic E-state index is 0.104. The molecule has 1 aromatic heterocycles. The molecule has 1 aliphatic rings. The number of para-hydroxylation sites is 1. The summed E-state index contributed by atoms with van der Waals surface area (Å²) < 4.78 is 0. The van der Waals surface area contributed by atoms with Gasteiger partial charge in [0.2, 0.25) is 0 Å². The number of carbonyl (C=O) groups excluding carboxylic acids is 1. The first-order chi connectivity index (χ1) is 9.79. The van der Waals surface area contributed by atoms with Crippen molar-refractivity contribution in [1.82, 2.24) is 0 Å². The molecule has 20 heavy (non-hydrogen) atoms. The van der Waals surface area contributed by atoms with Crippen LogP contribution in [0.15, 0.2) is 41.8 Å². The van der Waals surface area contributed by atoms with Gasteiger partial charge >= 0.3 is 0 Å². The SMILES string of the molecule is CC.CC.N=C1c2sccc2C(=O)N1c1ccccc1. The molecule has 1 aliphatic heterocycles. The van der Waals surface area contributed by atoms with Crippen LogP contribution in [0.2, 0.25) is 0 Å². The standard InChI is InChI=1S/C12H8N2OS.2C2H6/c13-11-10-9(6-7-16-10)12(15)14(11)8-4-2-1-3-5-8;2*1-2/h1-7,13H;2*1-2H3. The molecule has 1 N–H and O–H groups in total. The molecule has 1 aromatic carbocycles. The highest BCUT2D eigenvalue weighted by Crippen LogP contribution is 2.31. The molecule has 0 bridgehead atoms. The van der Waals surface area contributed by atoms with Crippen molar-refractivity contribution in [2.45, 2.75) is 27.7 Å². The molecule has 2 aromatic rings. The molecular weight excluding hydrogens is 268 g/mol. The predicted molar refractivity (Wildman–Crippen MR) is 87.1 cm³/mol. The number of nitrogens with zero attached hydrogens (tertiary/aromatic N) is 1. The molecule has 0 saturated carbocycles. The maximum atomic E-state index is 12.1. The van der Waals surface area contributed by atoms with Gasteiger partial charge in [-0.25, -0.2) is 0 Å². The van der Waals surface area contributed by atoms with E-state index in [9.17, 15) is 4.79 Å². The Morgan fingerprint density at radius 2 is 1.60 bits per heavy atom. The summed E-state index contributed by atoms with van der Waals surface area (Å²) in [5.74, 6) is 0.175. The average molecular weight is 288 g/mol. The molecule has 106 valence electrons. The number of amidine groups is 1. The number of rotatable bonds is 1. The molecule has 0 saturated heterocycles. The zero-order valence-corrected chi connectivity index (χ0v) is 13.1.